The molecular weight excluding hydrogens is 391 g/mol. The minimum atomic E-state index is 0.568. The van der Waals surface area contributed by atoms with E-state index in [0.29, 0.717) is 34.0 Å². The molecule has 8 heteroatoms. The lowest BCUT2D eigenvalue weighted by Crippen LogP contribution is -2.14. The Morgan fingerprint density at radius 1 is 1.12 bits per heavy atom. The average molecular weight is 405 g/mol. The predicted octanol–water partition coefficient (Wildman–Crippen LogP) is 5.01. The maximum Gasteiger partial charge on any atom is 0.212 e. The molecule has 0 atom stereocenters. The first kappa shape index (κ1) is 17.4. The highest BCUT2D eigenvalue weighted by atomic mass is 35.5. The van der Waals surface area contributed by atoms with Gasteiger partial charge in [-0.05, 0) is 37.3 Å². The van der Waals surface area contributed by atoms with Crippen LogP contribution in [0.25, 0.3) is 11.4 Å². The number of nitrogens with zero attached hydrogens (tertiary/aromatic N) is 4. The molecule has 0 fully saturated rings. The van der Waals surface area contributed by atoms with Crippen LogP contribution in [0.4, 0.5) is 0 Å². The zero-order chi connectivity index (χ0) is 18.1. The number of rotatable bonds is 4. The van der Waals surface area contributed by atoms with Crippen molar-refractivity contribution in [2.75, 3.05) is 12.4 Å². The van der Waals surface area contributed by atoms with E-state index in [0.717, 1.165) is 22.0 Å². The van der Waals surface area contributed by atoms with Crippen LogP contribution in [-0.2, 0) is 0 Å². The molecule has 0 N–H and O–H groups in total. The number of hydrogen-bond acceptors (Lipinski definition) is 5. The molecule has 1 aliphatic rings. The van der Waals surface area contributed by atoms with Crippen LogP contribution in [0.15, 0.2) is 52.7 Å². The van der Waals surface area contributed by atoms with Gasteiger partial charge in [0, 0.05) is 16.9 Å². The van der Waals surface area contributed by atoms with Gasteiger partial charge in [0.1, 0.15) is 5.75 Å². The second-order valence-corrected chi connectivity index (χ2v) is 7.27. The molecule has 5 nitrogen and oxygen atoms in total. The van der Waals surface area contributed by atoms with Crippen LogP contribution in [0, 0.1) is 0 Å². The van der Waals surface area contributed by atoms with Crippen LogP contribution in [0.3, 0.4) is 0 Å². The molecule has 2 heterocycles. The van der Waals surface area contributed by atoms with E-state index in [4.69, 9.17) is 33.0 Å². The quantitative estimate of drug-likeness (QED) is 0.613. The fourth-order valence-corrected chi connectivity index (χ4v) is 3.93. The van der Waals surface area contributed by atoms with Gasteiger partial charge >= 0.3 is 0 Å². The van der Waals surface area contributed by atoms with Crippen molar-refractivity contribution in [3.05, 3.63) is 58.1 Å². The summed E-state index contributed by atoms with van der Waals surface area (Å²) >= 11 is 14.2. The van der Waals surface area contributed by atoms with E-state index in [-0.39, 0.29) is 0 Å². The Hall–Kier alpha value is -2.02. The van der Waals surface area contributed by atoms with E-state index in [1.54, 1.807) is 16.4 Å². The maximum absolute atomic E-state index is 6.32. The number of halogens is 2. The van der Waals surface area contributed by atoms with Gasteiger partial charge in [0.25, 0.3) is 0 Å². The van der Waals surface area contributed by atoms with Gasteiger partial charge in [0.2, 0.25) is 5.16 Å². The molecule has 0 spiro atoms. The van der Waals surface area contributed by atoms with Gasteiger partial charge in [0.05, 0.1) is 22.4 Å². The van der Waals surface area contributed by atoms with Crippen LogP contribution in [-0.4, -0.2) is 32.9 Å². The number of ether oxygens (including phenoxy) is 1. The second-order valence-electron chi connectivity index (χ2n) is 5.51. The second kappa shape index (κ2) is 7.31. The van der Waals surface area contributed by atoms with Crippen molar-refractivity contribution < 1.29 is 4.74 Å². The van der Waals surface area contributed by atoms with Crippen molar-refractivity contribution in [1.29, 1.82) is 0 Å². The van der Waals surface area contributed by atoms with Crippen molar-refractivity contribution in [2.24, 2.45) is 5.10 Å². The minimum Gasteiger partial charge on any atom is -0.492 e. The molecule has 4 rings (SSSR count). The van der Waals surface area contributed by atoms with E-state index < -0.39 is 0 Å². The number of thioether (sulfide) groups is 1. The van der Waals surface area contributed by atoms with Crippen molar-refractivity contribution >= 4 is 40.7 Å². The zero-order valence-electron chi connectivity index (χ0n) is 13.8. The molecular formula is C18H14Cl2N4OS. The summed E-state index contributed by atoms with van der Waals surface area (Å²) in [7, 11) is 0. The average Bonchev–Trinajstić information content (AvgIpc) is 3.07. The molecule has 1 aromatic heterocycles. The summed E-state index contributed by atoms with van der Waals surface area (Å²) in [5, 5.41) is 15.1. The van der Waals surface area contributed by atoms with Crippen molar-refractivity contribution in [3.8, 4) is 17.1 Å². The SMILES string of the molecule is CCOc1ccc(C2=Nn3c(nnc3-c3ccccc3Cl)SC2)cc1Cl. The largest absolute Gasteiger partial charge is 0.492 e. The third-order valence-electron chi connectivity index (χ3n) is 3.85. The van der Waals surface area contributed by atoms with Crippen LogP contribution >= 0.6 is 35.0 Å². The van der Waals surface area contributed by atoms with E-state index in [1.807, 2.05) is 49.4 Å². The molecule has 0 amide bonds. The highest BCUT2D eigenvalue weighted by Gasteiger charge is 2.22. The molecule has 0 aliphatic carbocycles. The van der Waals surface area contributed by atoms with Crippen LogP contribution in [0.2, 0.25) is 10.0 Å². The van der Waals surface area contributed by atoms with E-state index in [1.165, 1.54) is 0 Å². The number of aromatic nitrogens is 3. The molecule has 3 aromatic rings. The Morgan fingerprint density at radius 2 is 1.96 bits per heavy atom. The Bertz CT molecular complexity index is 1000. The van der Waals surface area contributed by atoms with Gasteiger partial charge in [-0.2, -0.15) is 9.78 Å². The molecule has 0 unspecified atom stereocenters. The molecule has 0 saturated carbocycles. The normalized spacial score (nSPS) is 13.3. The fourth-order valence-electron chi connectivity index (χ4n) is 2.63. The van der Waals surface area contributed by atoms with Crippen molar-refractivity contribution in [1.82, 2.24) is 14.9 Å². The van der Waals surface area contributed by atoms with Gasteiger partial charge in [-0.15, -0.1) is 10.2 Å². The zero-order valence-corrected chi connectivity index (χ0v) is 16.1. The lowest BCUT2D eigenvalue weighted by Gasteiger charge is -2.15. The summed E-state index contributed by atoms with van der Waals surface area (Å²) in [6.07, 6.45) is 0. The molecule has 1 aliphatic heterocycles. The first-order valence-electron chi connectivity index (χ1n) is 8.01. The third kappa shape index (κ3) is 3.20. The lowest BCUT2D eigenvalue weighted by atomic mass is 10.1. The van der Waals surface area contributed by atoms with Gasteiger partial charge in [-0.3, -0.25) is 0 Å². The van der Waals surface area contributed by atoms with Crippen molar-refractivity contribution in [2.45, 2.75) is 12.1 Å². The number of benzene rings is 2. The standard InChI is InChI=1S/C18H14Cl2N4OS/c1-2-25-16-8-7-11(9-14(16)20)15-10-26-18-22-21-17(24(18)23-15)12-5-3-4-6-13(12)19/h3-9H,2,10H2,1H3. The van der Waals surface area contributed by atoms with Crippen molar-refractivity contribution in [3.63, 3.8) is 0 Å². The summed E-state index contributed by atoms with van der Waals surface area (Å²) in [6, 6.07) is 13.2. The predicted molar refractivity (Wildman–Crippen MR) is 106 cm³/mol. The molecule has 132 valence electrons. The summed E-state index contributed by atoms with van der Waals surface area (Å²) in [6.45, 7) is 2.50. The van der Waals surface area contributed by atoms with Crippen LogP contribution < -0.4 is 4.74 Å². The number of hydrogen-bond donors (Lipinski definition) is 0. The molecule has 0 bridgehead atoms. The molecule has 26 heavy (non-hydrogen) atoms. The number of fused-ring (bicyclic) bond motifs is 1. The van der Waals surface area contributed by atoms with Gasteiger partial charge in [-0.1, -0.05) is 47.1 Å². The first-order valence-corrected chi connectivity index (χ1v) is 9.75. The topological polar surface area (TPSA) is 52.3 Å². The van der Waals surface area contributed by atoms with Crippen LogP contribution in [0.1, 0.15) is 12.5 Å². The Labute approximate surface area is 165 Å². The summed E-state index contributed by atoms with van der Waals surface area (Å²) < 4.78 is 7.23. The van der Waals surface area contributed by atoms with Gasteiger partial charge in [0.15, 0.2) is 5.82 Å². The minimum absolute atomic E-state index is 0.568. The summed E-state index contributed by atoms with van der Waals surface area (Å²) in [5.41, 5.74) is 2.62. The first-order chi connectivity index (χ1) is 12.7. The monoisotopic (exact) mass is 404 g/mol. The smallest absolute Gasteiger partial charge is 0.212 e. The molecule has 0 saturated heterocycles. The summed E-state index contributed by atoms with van der Waals surface area (Å²) in [4.78, 5) is 0. The van der Waals surface area contributed by atoms with Crippen LogP contribution in [0.5, 0.6) is 5.75 Å². The van der Waals surface area contributed by atoms with Gasteiger partial charge in [-0.25, -0.2) is 0 Å². The summed E-state index contributed by atoms with van der Waals surface area (Å²) in [5.74, 6) is 1.97. The highest BCUT2D eigenvalue weighted by molar-refractivity contribution is 7.99. The van der Waals surface area contributed by atoms with E-state index >= 15 is 0 Å². The van der Waals surface area contributed by atoms with E-state index in [2.05, 4.69) is 10.2 Å². The fraction of sp³-hybridized carbons (Fsp3) is 0.167. The Balaban J connectivity index is 1.75. The highest BCUT2D eigenvalue weighted by Crippen LogP contribution is 2.33. The molecule has 0 radical (unpaired) electrons. The molecule has 2 aromatic carbocycles. The third-order valence-corrected chi connectivity index (χ3v) is 5.41. The lowest BCUT2D eigenvalue weighted by molar-refractivity contribution is 0.340. The van der Waals surface area contributed by atoms with E-state index in [9.17, 15) is 0 Å². The Morgan fingerprint density at radius 3 is 2.73 bits per heavy atom. The maximum atomic E-state index is 6.32. The Kier molecular flexibility index (Phi) is 4.89. The van der Waals surface area contributed by atoms with Gasteiger partial charge < -0.3 is 4.74 Å².